The predicted molar refractivity (Wildman–Crippen MR) is 115 cm³/mol. The number of rotatable bonds is 4. The van der Waals surface area contributed by atoms with Gasteiger partial charge in [-0.25, -0.2) is 0 Å². The van der Waals surface area contributed by atoms with Crippen LogP contribution in [0.15, 0.2) is 84.9 Å². The molecule has 0 saturated carbocycles. The quantitative estimate of drug-likeness (QED) is 0.500. The predicted octanol–water partition coefficient (Wildman–Crippen LogP) is 5.02. The molecule has 0 aromatic heterocycles. The zero-order chi connectivity index (χ0) is 20.6. The van der Waals surface area contributed by atoms with Crippen molar-refractivity contribution in [3.05, 3.63) is 96.1 Å². The zero-order valence-corrected chi connectivity index (χ0v) is 16.2. The maximum absolute atomic E-state index is 11.1. The molecule has 0 aliphatic heterocycles. The van der Waals surface area contributed by atoms with Gasteiger partial charge < -0.3 is 9.84 Å². The number of benzene rings is 4. The molecule has 0 bridgehead atoms. The maximum Gasteiger partial charge on any atom is 0.309 e. The monoisotopic (exact) mass is 386 g/mol. The lowest BCUT2D eigenvalue weighted by atomic mass is 10.1. The fraction of sp³-hybridized carbons (Fsp3) is 0.120. The van der Waals surface area contributed by atoms with E-state index in [1.165, 1.54) is 12.5 Å². The van der Waals surface area contributed by atoms with E-state index >= 15 is 0 Å². The van der Waals surface area contributed by atoms with Gasteiger partial charge in [0.1, 0.15) is 0 Å². The number of hydrogen-bond acceptors (Lipinski definition) is 3. The maximum atomic E-state index is 11.1. The first-order valence-corrected chi connectivity index (χ1v) is 9.29. The van der Waals surface area contributed by atoms with E-state index in [0.29, 0.717) is 6.42 Å². The molecule has 0 spiro atoms. The Bertz CT molecular complexity index is 1150. The lowest BCUT2D eigenvalue weighted by molar-refractivity contribution is -0.140. The first-order chi connectivity index (χ1) is 14.0. The molecule has 0 atom stereocenters. The van der Waals surface area contributed by atoms with E-state index < -0.39 is 5.97 Å². The second kappa shape index (κ2) is 9.51. The molecule has 0 unspecified atom stereocenters. The van der Waals surface area contributed by atoms with Crippen LogP contribution in [0.5, 0.6) is 0 Å². The van der Waals surface area contributed by atoms with Gasteiger partial charge in [-0.05, 0) is 32.7 Å². The highest BCUT2D eigenvalue weighted by Crippen LogP contribution is 2.17. The molecule has 4 heteroatoms. The van der Waals surface area contributed by atoms with Crippen molar-refractivity contribution in [2.75, 3.05) is 7.11 Å². The molecule has 0 amide bonds. The molecule has 4 aromatic rings. The molecule has 0 aliphatic rings. The first-order valence-electron chi connectivity index (χ1n) is 9.29. The fourth-order valence-electron chi connectivity index (χ4n) is 3.11. The van der Waals surface area contributed by atoms with Crippen LogP contribution in [0.1, 0.15) is 11.1 Å². The van der Waals surface area contributed by atoms with Crippen molar-refractivity contribution < 1.29 is 19.4 Å². The van der Waals surface area contributed by atoms with Crippen LogP contribution in [0.2, 0.25) is 0 Å². The Hall–Kier alpha value is -3.66. The second-order valence-electron chi connectivity index (χ2n) is 6.69. The van der Waals surface area contributed by atoms with Crippen molar-refractivity contribution in [2.45, 2.75) is 12.8 Å². The number of fused-ring (bicyclic) bond motifs is 2. The number of aliphatic carboxylic acids is 1. The Labute approximate surface area is 169 Å². The number of hydrogen-bond donors (Lipinski definition) is 1. The van der Waals surface area contributed by atoms with Gasteiger partial charge in [-0.1, -0.05) is 84.9 Å². The number of methoxy groups -OCH3 is 1. The van der Waals surface area contributed by atoms with Crippen LogP contribution in [0, 0.1) is 0 Å². The van der Waals surface area contributed by atoms with Crippen LogP contribution in [0.4, 0.5) is 0 Å². The number of esters is 1. The van der Waals surface area contributed by atoms with Crippen LogP contribution in [-0.2, 0) is 27.2 Å². The molecular weight excluding hydrogens is 364 g/mol. The van der Waals surface area contributed by atoms with Gasteiger partial charge in [0, 0.05) is 0 Å². The van der Waals surface area contributed by atoms with Crippen LogP contribution in [-0.4, -0.2) is 24.2 Å². The van der Waals surface area contributed by atoms with Gasteiger partial charge in [-0.3, -0.25) is 9.59 Å². The lowest BCUT2D eigenvalue weighted by Gasteiger charge is -2.02. The Morgan fingerprint density at radius 3 is 1.59 bits per heavy atom. The van der Waals surface area contributed by atoms with Crippen LogP contribution in [0.25, 0.3) is 21.5 Å². The molecule has 0 fully saturated rings. The minimum absolute atomic E-state index is 0.0881. The molecule has 146 valence electrons. The first kappa shape index (κ1) is 20.1. The van der Waals surface area contributed by atoms with E-state index in [9.17, 15) is 9.59 Å². The van der Waals surface area contributed by atoms with E-state index in [1.807, 2.05) is 78.9 Å². The van der Waals surface area contributed by atoms with Crippen molar-refractivity contribution in [3.63, 3.8) is 0 Å². The number of carbonyl (C=O) groups is 2. The molecule has 1 N–H and O–H groups in total. The minimum Gasteiger partial charge on any atom is -0.481 e. The smallest absolute Gasteiger partial charge is 0.309 e. The fourth-order valence-corrected chi connectivity index (χ4v) is 3.11. The molecule has 0 radical (unpaired) electrons. The zero-order valence-electron chi connectivity index (χ0n) is 16.2. The highest BCUT2D eigenvalue weighted by Gasteiger charge is 2.03. The van der Waals surface area contributed by atoms with Crippen molar-refractivity contribution in [2.24, 2.45) is 0 Å². The molecular formula is C25H22O4. The van der Waals surface area contributed by atoms with Crippen LogP contribution < -0.4 is 0 Å². The third-order valence-electron chi connectivity index (χ3n) is 4.56. The number of carbonyl (C=O) groups excluding carboxylic acids is 1. The van der Waals surface area contributed by atoms with Gasteiger partial charge in [-0.2, -0.15) is 0 Å². The minimum atomic E-state index is -0.791. The summed E-state index contributed by atoms with van der Waals surface area (Å²) in [6.45, 7) is 0. The Kier molecular flexibility index (Phi) is 6.59. The second-order valence-corrected chi connectivity index (χ2v) is 6.69. The summed E-state index contributed by atoms with van der Waals surface area (Å²) in [6, 6.07) is 27.7. The van der Waals surface area contributed by atoms with Gasteiger partial charge in [0.25, 0.3) is 0 Å². The third kappa shape index (κ3) is 5.66. The summed E-state index contributed by atoms with van der Waals surface area (Å²) in [7, 11) is 1.41. The largest absolute Gasteiger partial charge is 0.481 e. The molecule has 4 rings (SSSR count). The van der Waals surface area contributed by atoms with Crippen LogP contribution >= 0.6 is 0 Å². The van der Waals surface area contributed by atoms with E-state index in [2.05, 4.69) is 10.8 Å². The summed E-state index contributed by atoms with van der Waals surface area (Å²) in [5, 5.41) is 13.2. The normalized spacial score (nSPS) is 10.2. The van der Waals surface area contributed by atoms with E-state index in [0.717, 1.165) is 27.3 Å². The Morgan fingerprint density at radius 1 is 0.690 bits per heavy atom. The van der Waals surface area contributed by atoms with Gasteiger partial charge in [0.2, 0.25) is 0 Å². The van der Waals surface area contributed by atoms with Crippen molar-refractivity contribution in [1.29, 1.82) is 0 Å². The molecule has 29 heavy (non-hydrogen) atoms. The standard InChI is InChI=1S/C13H12O2.C12H10O2/c1-15-13(14)9-10-6-7-11-4-2-3-5-12(11)8-10;13-12(14)8-9-5-6-10-3-1-2-4-11(10)7-9/h2-8H,9H2,1H3;1-7H,8H2,(H,13,14). The van der Waals surface area contributed by atoms with Gasteiger partial charge >= 0.3 is 11.9 Å². The summed E-state index contributed by atoms with van der Waals surface area (Å²) < 4.78 is 4.63. The highest BCUT2D eigenvalue weighted by molar-refractivity contribution is 5.85. The average Bonchev–Trinajstić information content (AvgIpc) is 2.73. The Morgan fingerprint density at radius 2 is 1.14 bits per heavy atom. The van der Waals surface area contributed by atoms with Crippen LogP contribution in [0.3, 0.4) is 0 Å². The van der Waals surface area contributed by atoms with Gasteiger partial charge in [0.05, 0.1) is 20.0 Å². The van der Waals surface area contributed by atoms with Crippen molar-refractivity contribution >= 4 is 33.5 Å². The lowest BCUT2D eigenvalue weighted by Crippen LogP contribution is -2.04. The number of ether oxygens (including phenoxy) is 1. The summed E-state index contributed by atoms with van der Waals surface area (Å²) in [5.74, 6) is -0.995. The summed E-state index contributed by atoms with van der Waals surface area (Å²) in [5.41, 5.74) is 1.83. The molecule has 0 aliphatic carbocycles. The summed E-state index contributed by atoms with van der Waals surface area (Å²) in [4.78, 5) is 21.6. The number of carboxylic acid groups (broad SMARTS) is 1. The van der Waals surface area contributed by atoms with Gasteiger partial charge in [-0.15, -0.1) is 0 Å². The molecule has 0 saturated heterocycles. The van der Waals surface area contributed by atoms with E-state index in [-0.39, 0.29) is 12.4 Å². The molecule has 0 heterocycles. The average molecular weight is 386 g/mol. The highest BCUT2D eigenvalue weighted by atomic mass is 16.5. The van der Waals surface area contributed by atoms with E-state index in [1.54, 1.807) is 0 Å². The SMILES string of the molecule is COC(=O)Cc1ccc2ccccc2c1.O=C(O)Cc1ccc2ccccc2c1. The van der Waals surface area contributed by atoms with Crippen molar-refractivity contribution in [1.82, 2.24) is 0 Å². The number of carboxylic acids is 1. The third-order valence-corrected chi connectivity index (χ3v) is 4.56. The summed E-state index contributed by atoms with van der Waals surface area (Å²) in [6.07, 6.45) is 0.423. The Balaban J connectivity index is 0.000000166. The van der Waals surface area contributed by atoms with Crippen molar-refractivity contribution in [3.8, 4) is 0 Å². The topological polar surface area (TPSA) is 63.6 Å². The van der Waals surface area contributed by atoms with Gasteiger partial charge in [0.15, 0.2) is 0 Å². The molecule has 4 aromatic carbocycles. The summed E-state index contributed by atoms with van der Waals surface area (Å²) >= 11 is 0. The van der Waals surface area contributed by atoms with E-state index in [4.69, 9.17) is 5.11 Å². The molecule has 4 nitrogen and oxygen atoms in total.